The number of nitrogens with zero attached hydrogens (tertiary/aromatic N) is 2. The zero-order valence-electron chi connectivity index (χ0n) is 11.3. The molecule has 1 aromatic rings. The van der Waals surface area contributed by atoms with E-state index in [1.165, 1.54) is 30.4 Å². The zero-order valence-corrected chi connectivity index (χ0v) is 12.9. The summed E-state index contributed by atoms with van der Waals surface area (Å²) in [5.41, 5.74) is 1.07. The van der Waals surface area contributed by atoms with E-state index in [9.17, 15) is 4.79 Å². The van der Waals surface area contributed by atoms with Crippen LogP contribution in [-0.2, 0) is 6.54 Å². The Morgan fingerprint density at radius 2 is 2.37 bits per heavy atom. The number of hydrogen-bond acceptors (Lipinski definition) is 3. The number of aromatic nitrogens is 2. The smallest absolute Gasteiger partial charge is 0.283 e. The summed E-state index contributed by atoms with van der Waals surface area (Å²) in [5.74, 6) is 0. The molecule has 1 N–H and O–H groups in total. The topological polar surface area (TPSA) is 46.9 Å². The van der Waals surface area contributed by atoms with Gasteiger partial charge in [0, 0.05) is 6.54 Å². The molecule has 1 aliphatic rings. The Morgan fingerprint density at radius 3 is 2.89 bits per heavy atom. The third kappa shape index (κ3) is 2.91. The average molecular weight is 326 g/mol. The van der Waals surface area contributed by atoms with Gasteiger partial charge in [-0.05, 0) is 40.6 Å². The predicted molar refractivity (Wildman–Crippen MR) is 81.5 cm³/mol. The van der Waals surface area contributed by atoms with Crippen LogP contribution in [0.25, 0.3) is 0 Å². The Hall–Kier alpha value is -1.10. The molecule has 0 saturated heterocycles. The molecule has 19 heavy (non-hydrogen) atoms. The second-order valence-corrected chi connectivity index (χ2v) is 6.00. The van der Waals surface area contributed by atoms with Crippen LogP contribution in [0.1, 0.15) is 32.6 Å². The van der Waals surface area contributed by atoms with Crippen molar-refractivity contribution >= 4 is 21.6 Å². The Kier molecular flexibility index (Phi) is 4.45. The summed E-state index contributed by atoms with van der Waals surface area (Å²) >= 11 is 3.36. The first-order chi connectivity index (χ1) is 9.12. The highest BCUT2D eigenvalue weighted by molar-refractivity contribution is 9.10. The number of nitrogens with one attached hydrogen (secondary N) is 1. The summed E-state index contributed by atoms with van der Waals surface area (Å²) < 4.78 is 1.94. The molecule has 0 amide bonds. The second kappa shape index (κ2) is 5.90. The summed E-state index contributed by atoms with van der Waals surface area (Å²) in [6, 6.07) is 0. The van der Waals surface area contributed by atoms with Crippen molar-refractivity contribution < 1.29 is 0 Å². The molecule has 1 aromatic heterocycles. The molecule has 0 spiro atoms. The minimum absolute atomic E-state index is 0.121. The highest BCUT2D eigenvalue weighted by atomic mass is 79.9. The molecule has 2 rings (SSSR count). The van der Waals surface area contributed by atoms with Crippen LogP contribution >= 0.6 is 15.9 Å². The Morgan fingerprint density at radius 1 is 1.63 bits per heavy atom. The lowest BCUT2D eigenvalue weighted by molar-refractivity contribution is 0.145. The summed E-state index contributed by atoms with van der Waals surface area (Å²) in [6.07, 6.45) is 8.41. The molecule has 104 valence electrons. The third-order valence-corrected chi connectivity index (χ3v) is 4.87. The van der Waals surface area contributed by atoms with E-state index < -0.39 is 0 Å². The first-order valence-electron chi connectivity index (χ1n) is 6.72. The lowest BCUT2D eigenvalue weighted by Crippen LogP contribution is -2.36. The maximum Gasteiger partial charge on any atom is 0.283 e. The van der Waals surface area contributed by atoms with Gasteiger partial charge in [0.25, 0.3) is 5.56 Å². The molecule has 1 aliphatic carbocycles. The minimum Gasteiger partial charge on any atom is -0.382 e. The molecule has 0 aromatic carbocycles. The van der Waals surface area contributed by atoms with Gasteiger partial charge in [0.05, 0.1) is 18.4 Å². The normalized spacial score (nSPS) is 16.7. The largest absolute Gasteiger partial charge is 0.382 e. The molecule has 1 saturated carbocycles. The van der Waals surface area contributed by atoms with Crippen molar-refractivity contribution in [1.82, 2.24) is 9.78 Å². The van der Waals surface area contributed by atoms with Gasteiger partial charge in [-0.3, -0.25) is 4.79 Å². The van der Waals surface area contributed by atoms with E-state index in [-0.39, 0.29) is 5.56 Å². The van der Waals surface area contributed by atoms with Crippen LogP contribution in [-0.4, -0.2) is 16.3 Å². The Balaban J connectivity index is 2.11. The number of allylic oxidation sites excluding steroid dienone is 1. The van der Waals surface area contributed by atoms with Gasteiger partial charge in [-0.2, -0.15) is 5.10 Å². The third-order valence-electron chi connectivity index (χ3n) is 4.10. The second-order valence-electron chi connectivity index (χ2n) is 5.21. The van der Waals surface area contributed by atoms with E-state index in [0.29, 0.717) is 16.4 Å². The highest BCUT2D eigenvalue weighted by Gasteiger charge is 2.34. The molecule has 4 nitrogen and oxygen atoms in total. The quantitative estimate of drug-likeness (QED) is 0.817. The van der Waals surface area contributed by atoms with E-state index in [2.05, 4.69) is 39.8 Å². The molecule has 0 aliphatic heterocycles. The van der Waals surface area contributed by atoms with Crippen LogP contribution in [0.4, 0.5) is 5.69 Å². The molecule has 0 unspecified atom stereocenters. The highest BCUT2D eigenvalue weighted by Crippen LogP contribution is 2.43. The van der Waals surface area contributed by atoms with Crippen molar-refractivity contribution in [2.75, 3.05) is 11.9 Å². The van der Waals surface area contributed by atoms with Gasteiger partial charge in [0.2, 0.25) is 0 Å². The SMILES string of the molecule is C=CCn1ncc(NCC2(CC)CCC2)c(Br)c1=O. The lowest BCUT2D eigenvalue weighted by atomic mass is 9.67. The van der Waals surface area contributed by atoms with Crippen molar-refractivity contribution in [3.05, 3.63) is 33.7 Å². The number of rotatable bonds is 6. The van der Waals surface area contributed by atoms with Gasteiger partial charge >= 0.3 is 0 Å². The van der Waals surface area contributed by atoms with Gasteiger partial charge in [-0.1, -0.05) is 19.4 Å². The van der Waals surface area contributed by atoms with Crippen LogP contribution in [0.15, 0.2) is 28.1 Å². The van der Waals surface area contributed by atoms with E-state index in [1.807, 2.05) is 0 Å². The average Bonchev–Trinajstić information content (AvgIpc) is 2.37. The summed E-state index contributed by atoms with van der Waals surface area (Å²) in [7, 11) is 0. The maximum atomic E-state index is 12.0. The predicted octanol–water partition coefficient (Wildman–Crippen LogP) is 3.18. The number of hydrogen-bond donors (Lipinski definition) is 1. The standard InChI is InChI=1S/C14H20BrN3O/c1-3-8-18-13(19)12(15)11(9-17-18)16-10-14(4-2)6-5-7-14/h3,9,16H,1,4-8,10H2,2H3. The molecule has 1 heterocycles. The lowest BCUT2D eigenvalue weighted by Gasteiger charge is -2.41. The van der Waals surface area contributed by atoms with Crippen molar-refractivity contribution in [3.63, 3.8) is 0 Å². The van der Waals surface area contributed by atoms with Gasteiger partial charge in [0.1, 0.15) is 4.47 Å². The zero-order chi connectivity index (χ0) is 13.9. The maximum absolute atomic E-state index is 12.0. The van der Waals surface area contributed by atoms with Gasteiger partial charge in [0.15, 0.2) is 0 Å². The van der Waals surface area contributed by atoms with E-state index in [0.717, 1.165) is 12.2 Å². The fraction of sp³-hybridized carbons (Fsp3) is 0.571. The van der Waals surface area contributed by atoms with Gasteiger partial charge in [-0.25, -0.2) is 4.68 Å². The van der Waals surface area contributed by atoms with Gasteiger partial charge < -0.3 is 5.32 Å². The van der Waals surface area contributed by atoms with Crippen LogP contribution in [0, 0.1) is 5.41 Å². The monoisotopic (exact) mass is 325 g/mol. The van der Waals surface area contributed by atoms with E-state index in [1.54, 1.807) is 12.3 Å². The van der Waals surface area contributed by atoms with Crippen LogP contribution in [0.3, 0.4) is 0 Å². The molecule has 1 fully saturated rings. The fourth-order valence-electron chi connectivity index (χ4n) is 2.46. The van der Waals surface area contributed by atoms with Crippen LogP contribution in [0.5, 0.6) is 0 Å². The molecule has 0 bridgehead atoms. The molecule has 0 atom stereocenters. The summed E-state index contributed by atoms with van der Waals surface area (Å²) in [5, 5.41) is 7.51. The minimum atomic E-state index is -0.121. The van der Waals surface area contributed by atoms with Crippen LogP contribution in [0.2, 0.25) is 0 Å². The summed E-state index contributed by atoms with van der Waals surface area (Å²) in [4.78, 5) is 12.0. The van der Waals surface area contributed by atoms with Gasteiger partial charge in [-0.15, -0.1) is 6.58 Å². The fourth-order valence-corrected chi connectivity index (χ4v) is 2.90. The van der Waals surface area contributed by atoms with Crippen molar-refractivity contribution in [2.45, 2.75) is 39.2 Å². The summed E-state index contributed by atoms with van der Waals surface area (Å²) in [6.45, 7) is 7.19. The first-order valence-corrected chi connectivity index (χ1v) is 7.51. The number of anilines is 1. The first kappa shape index (κ1) is 14.3. The molecular weight excluding hydrogens is 306 g/mol. The Labute approximate surface area is 122 Å². The van der Waals surface area contributed by atoms with E-state index in [4.69, 9.17) is 0 Å². The van der Waals surface area contributed by atoms with Crippen LogP contribution < -0.4 is 10.9 Å². The molecule has 0 radical (unpaired) electrons. The van der Waals surface area contributed by atoms with Crippen molar-refractivity contribution in [1.29, 1.82) is 0 Å². The van der Waals surface area contributed by atoms with Crippen molar-refractivity contribution in [2.24, 2.45) is 5.41 Å². The Bertz CT molecular complexity index is 514. The molecule has 5 heteroatoms. The van der Waals surface area contributed by atoms with E-state index >= 15 is 0 Å². The van der Waals surface area contributed by atoms with Crippen molar-refractivity contribution in [3.8, 4) is 0 Å². The number of halogens is 1. The molecular formula is C14H20BrN3O.